The van der Waals surface area contributed by atoms with Crippen LogP contribution in [-0.2, 0) is 4.74 Å². The monoisotopic (exact) mass is 334 g/mol. The zero-order valence-corrected chi connectivity index (χ0v) is 13.7. The van der Waals surface area contributed by atoms with Crippen LogP contribution >= 0.6 is 0 Å². The largest absolute Gasteiger partial charge is 0.486 e. The minimum Gasteiger partial charge on any atom is -0.486 e. The zero-order chi connectivity index (χ0) is 16.9. The Morgan fingerprint density at radius 2 is 2.17 bits per heavy atom. The van der Waals surface area contributed by atoms with Gasteiger partial charge in [0.2, 0.25) is 0 Å². The van der Waals surface area contributed by atoms with Crippen LogP contribution in [0.5, 0.6) is 11.5 Å². The molecule has 7 nitrogen and oxygen atoms in total. The van der Waals surface area contributed by atoms with Crippen molar-refractivity contribution in [3.63, 3.8) is 0 Å². The predicted molar refractivity (Wildman–Crippen MR) is 86.5 cm³/mol. The van der Waals surface area contributed by atoms with E-state index in [4.69, 9.17) is 14.2 Å². The topological polar surface area (TPSA) is 77.1 Å². The smallest absolute Gasteiger partial charge is 0.407 e. The average molecular weight is 334 g/mol. The number of amides is 2. The number of nitrogens with zero attached hydrogens (tertiary/aromatic N) is 1. The molecule has 0 spiro atoms. The average Bonchev–Trinajstić information content (AvgIpc) is 2.61. The van der Waals surface area contributed by atoms with Gasteiger partial charge in [-0.2, -0.15) is 0 Å². The fourth-order valence-electron chi connectivity index (χ4n) is 3.03. The number of alkyl carbamates (subject to hydrolysis) is 1. The third-order valence-corrected chi connectivity index (χ3v) is 4.10. The molecule has 2 heterocycles. The van der Waals surface area contributed by atoms with Crippen LogP contribution in [0.3, 0.4) is 0 Å². The normalized spacial score (nSPS) is 19.5. The van der Waals surface area contributed by atoms with Crippen LogP contribution < -0.4 is 14.8 Å². The molecule has 2 amide bonds. The molecular formula is C17H22N2O5. The van der Waals surface area contributed by atoms with E-state index in [1.165, 1.54) is 0 Å². The Bertz CT molecular complexity index is 619. The molecule has 1 N–H and O–H groups in total. The molecule has 1 saturated heterocycles. The molecule has 130 valence electrons. The molecule has 7 heteroatoms. The molecule has 0 aromatic heterocycles. The van der Waals surface area contributed by atoms with Gasteiger partial charge in [-0.15, -0.1) is 0 Å². The highest BCUT2D eigenvalue weighted by molar-refractivity contribution is 5.98. The van der Waals surface area contributed by atoms with Gasteiger partial charge in [0.15, 0.2) is 11.5 Å². The van der Waals surface area contributed by atoms with Gasteiger partial charge in [0.05, 0.1) is 12.2 Å². The number of carbonyl (C=O) groups is 2. The maximum absolute atomic E-state index is 12.9. The number of benzene rings is 1. The third-order valence-electron chi connectivity index (χ3n) is 4.10. The lowest BCUT2D eigenvalue weighted by Crippen LogP contribution is -2.49. The lowest BCUT2D eigenvalue weighted by atomic mass is 10.0. The molecule has 2 aliphatic heterocycles. The fraction of sp³-hybridized carbons (Fsp3) is 0.529. The summed E-state index contributed by atoms with van der Waals surface area (Å²) in [6.07, 6.45) is 1.22. The first-order valence-electron chi connectivity index (χ1n) is 8.30. The summed E-state index contributed by atoms with van der Waals surface area (Å²) in [5.41, 5.74) is 0.504. The van der Waals surface area contributed by atoms with Gasteiger partial charge >= 0.3 is 6.09 Å². The predicted octanol–water partition coefficient (Wildman–Crippen LogP) is 1.81. The summed E-state index contributed by atoms with van der Waals surface area (Å²) in [5.74, 6) is 1.01. The first-order valence-corrected chi connectivity index (χ1v) is 8.30. The van der Waals surface area contributed by atoms with E-state index < -0.39 is 6.09 Å². The van der Waals surface area contributed by atoms with E-state index >= 15 is 0 Å². The molecule has 1 aromatic carbocycles. The molecule has 0 saturated carbocycles. The van der Waals surface area contributed by atoms with Crippen LogP contribution in [0.2, 0.25) is 0 Å². The van der Waals surface area contributed by atoms with Gasteiger partial charge in [-0.3, -0.25) is 4.79 Å². The van der Waals surface area contributed by atoms with Crippen molar-refractivity contribution >= 4 is 12.0 Å². The SMILES string of the molecule is CCOC(=O)NC1CCCN(C(=O)c2cccc3c2OCCO3)C1. The molecule has 1 fully saturated rings. The van der Waals surface area contributed by atoms with Crippen LogP contribution in [0, 0.1) is 0 Å². The van der Waals surface area contributed by atoms with Crippen LogP contribution in [0.1, 0.15) is 30.1 Å². The molecule has 24 heavy (non-hydrogen) atoms. The minimum absolute atomic E-state index is 0.0987. The van der Waals surface area contributed by atoms with Crippen molar-refractivity contribution in [3.8, 4) is 11.5 Å². The number of hydrogen-bond acceptors (Lipinski definition) is 5. The van der Waals surface area contributed by atoms with Crippen LogP contribution in [0.15, 0.2) is 18.2 Å². The molecule has 1 aromatic rings. The second-order valence-electron chi connectivity index (χ2n) is 5.78. The van der Waals surface area contributed by atoms with Gasteiger partial charge in [-0.05, 0) is 31.9 Å². The van der Waals surface area contributed by atoms with Gasteiger partial charge in [0, 0.05) is 19.1 Å². The van der Waals surface area contributed by atoms with Crippen LogP contribution in [-0.4, -0.2) is 55.9 Å². The van der Waals surface area contributed by atoms with Crippen LogP contribution in [0.25, 0.3) is 0 Å². The summed E-state index contributed by atoms with van der Waals surface area (Å²) in [5, 5.41) is 2.81. The van der Waals surface area contributed by atoms with Crippen molar-refractivity contribution in [1.29, 1.82) is 0 Å². The molecule has 3 rings (SSSR count). The Labute approximate surface area is 140 Å². The van der Waals surface area contributed by atoms with E-state index in [0.29, 0.717) is 50.0 Å². The second kappa shape index (κ2) is 7.42. The molecule has 0 radical (unpaired) electrons. The van der Waals surface area contributed by atoms with Crippen molar-refractivity contribution in [2.75, 3.05) is 32.9 Å². The van der Waals surface area contributed by atoms with Crippen molar-refractivity contribution in [3.05, 3.63) is 23.8 Å². The quantitative estimate of drug-likeness (QED) is 0.912. The highest BCUT2D eigenvalue weighted by Crippen LogP contribution is 2.34. The van der Waals surface area contributed by atoms with Crippen molar-refractivity contribution in [2.24, 2.45) is 0 Å². The Morgan fingerprint density at radius 1 is 1.33 bits per heavy atom. The van der Waals surface area contributed by atoms with E-state index in [1.807, 2.05) is 0 Å². The Morgan fingerprint density at radius 3 is 3.00 bits per heavy atom. The Balaban J connectivity index is 1.70. The standard InChI is InChI=1S/C17H22N2O5/c1-2-22-17(21)18-12-5-4-8-19(11-12)16(20)13-6-3-7-14-15(13)24-10-9-23-14/h3,6-7,12H,2,4-5,8-11H2,1H3,(H,18,21). The van der Waals surface area contributed by atoms with Gasteiger partial charge < -0.3 is 24.4 Å². The highest BCUT2D eigenvalue weighted by Gasteiger charge is 2.29. The van der Waals surface area contributed by atoms with Crippen LogP contribution in [0.4, 0.5) is 4.79 Å². The van der Waals surface area contributed by atoms with E-state index in [0.717, 1.165) is 12.8 Å². The number of likely N-dealkylation sites (tertiary alicyclic amines) is 1. The molecule has 1 unspecified atom stereocenters. The molecule has 0 bridgehead atoms. The lowest BCUT2D eigenvalue weighted by Gasteiger charge is -2.33. The highest BCUT2D eigenvalue weighted by atomic mass is 16.6. The van der Waals surface area contributed by atoms with E-state index in [-0.39, 0.29) is 11.9 Å². The number of piperidine rings is 1. The van der Waals surface area contributed by atoms with E-state index in [2.05, 4.69) is 5.32 Å². The first kappa shape index (κ1) is 16.4. The number of para-hydroxylation sites is 1. The lowest BCUT2D eigenvalue weighted by molar-refractivity contribution is 0.0676. The van der Waals surface area contributed by atoms with Gasteiger partial charge in [-0.1, -0.05) is 6.07 Å². The summed E-state index contributed by atoms with van der Waals surface area (Å²) >= 11 is 0. The van der Waals surface area contributed by atoms with Gasteiger partial charge in [0.1, 0.15) is 13.2 Å². The Hall–Kier alpha value is -2.44. The molecule has 2 aliphatic rings. The number of fused-ring (bicyclic) bond motifs is 1. The molecular weight excluding hydrogens is 312 g/mol. The van der Waals surface area contributed by atoms with E-state index in [9.17, 15) is 9.59 Å². The van der Waals surface area contributed by atoms with Crippen molar-refractivity contribution in [2.45, 2.75) is 25.8 Å². The van der Waals surface area contributed by atoms with Gasteiger partial charge in [-0.25, -0.2) is 4.79 Å². The number of ether oxygens (including phenoxy) is 3. The number of rotatable bonds is 3. The molecule has 0 aliphatic carbocycles. The second-order valence-corrected chi connectivity index (χ2v) is 5.78. The number of hydrogen-bond donors (Lipinski definition) is 1. The fourth-order valence-corrected chi connectivity index (χ4v) is 3.03. The minimum atomic E-state index is -0.439. The van der Waals surface area contributed by atoms with Crippen molar-refractivity contribution in [1.82, 2.24) is 10.2 Å². The Kier molecular flexibility index (Phi) is 5.08. The maximum Gasteiger partial charge on any atom is 0.407 e. The summed E-state index contributed by atoms with van der Waals surface area (Å²) in [4.78, 5) is 26.2. The summed E-state index contributed by atoms with van der Waals surface area (Å²) < 4.78 is 16.1. The van der Waals surface area contributed by atoms with E-state index in [1.54, 1.807) is 30.0 Å². The van der Waals surface area contributed by atoms with Crippen molar-refractivity contribution < 1.29 is 23.8 Å². The number of nitrogens with one attached hydrogen (secondary N) is 1. The summed E-state index contributed by atoms with van der Waals surface area (Å²) in [7, 11) is 0. The molecule has 1 atom stereocenters. The number of carbonyl (C=O) groups excluding carboxylic acids is 2. The maximum atomic E-state index is 12.9. The zero-order valence-electron chi connectivity index (χ0n) is 13.7. The third kappa shape index (κ3) is 3.55. The van der Waals surface area contributed by atoms with Gasteiger partial charge in [0.25, 0.3) is 5.91 Å². The summed E-state index contributed by atoms with van der Waals surface area (Å²) in [6, 6.07) is 5.24. The first-order chi connectivity index (χ1) is 11.7. The summed E-state index contributed by atoms with van der Waals surface area (Å²) in [6.45, 7) is 4.13.